The highest BCUT2D eigenvalue weighted by atomic mass is 16.4. The van der Waals surface area contributed by atoms with Gasteiger partial charge in [0.25, 0.3) is 0 Å². The highest BCUT2D eigenvalue weighted by molar-refractivity contribution is 5.96. The number of carbonyl (C=O) groups excluding carboxylic acids is 4. The molecule has 0 radical (unpaired) electrons. The quantitative estimate of drug-likeness (QED) is 0.0909. The average Bonchev–Trinajstić information content (AvgIpc) is 3.58. The third-order valence-electron chi connectivity index (χ3n) is 7.27. The summed E-state index contributed by atoms with van der Waals surface area (Å²) in [4.78, 5) is 69.1. The Morgan fingerprint density at radius 1 is 0.773 bits per heavy atom. The summed E-state index contributed by atoms with van der Waals surface area (Å²) < 4.78 is 0. The largest absolute Gasteiger partial charge is 0.480 e. The number of para-hydroxylation sites is 2. The lowest BCUT2D eigenvalue weighted by Crippen LogP contribution is -2.60. The van der Waals surface area contributed by atoms with Crippen LogP contribution in [-0.4, -0.2) is 80.1 Å². The lowest BCUT2D eigenvalue weighted by atomic mass is 10.0. The lowest BCUT2D eigenvalue weighted by Gasteiger charge is -2.26. The number of hydrogen-bond acceptors (Lipinski definition) is 7. The molecule has 5 atom stereocenters. The number of amides is 4. The molecule has 2 aromatic carbocycles. The SMILES string of the molecule is CC(O)C(NC(=O)C(N)CC(N)=O)C(=O)NC(Cc1c[nH]c2ccccc12)C(=O)NC(Cc1c[nH]c2ccccc12)C(=O)O. The predicted molar refractivity (Wildman–Crippen MR) is 161 cm³/mol. The van der Waals surface area contributed by atoms with Crippen LogP contribution in [0.3, 0.4) is 0 Å². The van der Waals surface area contributed by atoms with Crippen LogP contribution >= 0.6 is 0 Å². The first-order valence-corrected chi connectivity index (χ1v) is 13.9. The van der Waals surface area contributed by atoms with Crippen molar-refractivity contribution < 1.29 is 34.2 Å². The van der Waals surface area contributed by atoms with E-state index >= 15 is 0 Å². The minimum atomic E-state index is -1.55. The first-order valence-electron chi connectivity index (χ1n) is 13.9. The minimum Gasteiger partial charge on any atom is -0.480 e. The third-order valence-corrected chi connectivity index (χ3v) is 7.27. The number of aromatic nitrogens is 2. The summed E-state index contributed by atoms with van der Waals surface area (Å²) in [6.07, 6.45) is 1.35. The second kappa shape index (κ2) is 13.8. The maximum atomic E-state index is 13.7. The number of primary amides is 1. The zero-order valence-electron chi connectivity index (χ0n) is 23.9. The summed E-state index contributed by atoms with van der Waals surface area (Å²) in [7, 11) is 0. The summed E-state index contributed by atoms with van der Waals surface area (Å²) in [6.45, 7) is 1.25. The van der Waals surface area contributed by atoms with Gasteiger partial charge in [0.2, 0.25) is 23.6 Å². The van der Waals surface area contributed by atoms with Gasteiger partial charge in [-0.2, -0.15) is 0 Å². The highest BCUT2D eigenvalue weighted by Gasteiger charge is 2.33. The molecule has 0 aliphatic carbocycles. The van der Waals surface area contributed by atoms with Crippen LogP contribution in [0.5, 0.6) is 0 Å². The fourth-order valence-corrected chi connectivity index (χ4v) is 4.96. The van der Waals surface area contributed by atoms with Crippen LogP contribution in [0.15, 0.2) is 60.9 Å². The van der Waals surface area contributed by atoms with Gasteiger partial charge in [-0.25, -0.2) is 4.79 Å². The van der Waals surface area contributed by atoms with E-state index in [4.69, 9.17) is 11.5 Å². The van der Waals surface area contributed by atoms with Crippen LogP contribution < -0.4 is 27.4 Å². The summed E-state index contributed by atoms with van der Waals surface area (Å²) >= 11 is 0. The van der Waals surface area contributed by atoms with Crippen LogP contribution in [0.2, 0.25) is 0 Å². The van der Waals surface area contributed by atoms with E-state index in [1.165, 1.54) is 6.92 Å². The van der Waals surface area contributed by atoms with Crippen LogP contribution in [0.25, 0.3) is 21.8 Å². The van der Waals surface area contributed by atoms with E-state index in [1.807, 2.05) is 48.5 Å². The molecule has 44 heavy (non-hydrogen) atoms. The van der Waals surface area contributed by atoms with Crippen molar-refractivity contribution in [2.45, 2.75) is 56.5 Å². The van der Waals surface area contributed by atoms with Gasteiger partial charge in [0.15, 0.2) is 0 Å². The molecule has 0 saturated carbocycles. The van der Waals surface area contributed by atoms with Gasteiger partial charge in [0.05, 0.1) is 18.6 Å². The molecule has 0 spiro atoms. The second-order valence-corrected chi connectivity index (χ2v) is 10.6. The maximum Gasteiger partial charge on any atom is 0.326 e. The lowest BCUT2D eigenvalue weighted by molar-refractivity contribution is -0.142. The maximum absolute atomic E-state index is 13.7. The molecule has 0 fully saturated rings. The molecule has 0 aliphatic rings. The number of carboxylic acid groups (broad SMARTS) is 1. The van der Waals surface area contributed by atoms with Crippen LogP contribution in [-0.2, 0) is 36.8 Å². The van der Waals surface area contributed by atoms with Crippen molar-refractivity contribution in [3.05, 3.63) is 72.1 Å². The first kappa shape index (κ1) is 31.7. The molecule has 2 aromatic heterocycles. The number of aliphatic hydroxyl groups is 1. The molecule has 4 aromatic rings. The minimum absolute atomic E-state index is 0.0387. The molecule has 0 aliphatic heterocycles. The van der Waals surface area contributed by atoms with Gasteiger partial charge in [0, 0.05) is 47.0 Å². The standard InChI is InChI=1S/C30H35N7O7/c1-15(38)26(37-27(40)20(31)12-25(32)39)29(42)35-23(10-16-13-33-21-8-4-2-6-18(16)21)28(41)36-24(30(43)44)11-17-14-34-22-9-5-3-7-19(17)22/h2-9,13-15,20,23-24,26,33-34,38H,10-12,31H2,1H3,(H2,32,39)(H,35,42)(H,36,41)(H,37,40)(H,43,44). The van der Waals surface area contributed by atoms with E-state index in [0.29, 0.717) is 11.1 Å². The third kappa shape index (κ3) is 7.59. The Hall–Kier alpha value is -5.21. The van der Waals surface area contributed by atoms with Gasteiger partial charge in [-0.15, -0.1) is 0 Å². The Bertz CT molecular complexity index is 1680. The summed E-state index contributed by atoms with van der Waals surface area (Å²) in [5, 5.41) is 29.3. The van der Waals surface area contributed by atoms with Crippen molar-refractivity contribution in [3.8, 4) is 0 Å². The molecule has 232 valence electrons. The monoisotopic (exact) mass is 605 g/mol. The molecule has 4 amide bonds. The molecule has 4 rings (SSSR count). The van der Waals surface area contributed by atoms with E-state index in [-0.39, 0.29) is 12.8 Å². The number of rotatable bonds is 14. The predicted octanol–water partition coefficient (Wildman–Crippen LogP) is -0.443. The van der Waals surface area contributed by atoms with Crippen LogP contribution in [0.4, 0.5) is 0 Å². The average molecular weight is 606 g/mol. The molecule has 14 nitrogen and oxygen atoms in total. The molecule has 0 saturated heterocycles. The van der Waals surface area contributed by atoms with Crippen molar-refractivity contribution in [2.75, 3.05) is 0 Å². The Balaban J connectivity index is 1.58. The first-order chi connectivity index (χ1) is 20.9. The number of nitrogens with one attached hydrogen (secondary N) is 5. The molecular weight excluding hydrogens is 570 g/mol. The zero-order chi connectivity index (χ0) is 32.0. The van der Waals surface area contributed by atoms with Crippen LogP contribution in [0, 0.1) is 0 Å². The van der Waals surface area contributed by atoms with Crippen LogP contribution in [0.1, 0.15) is 24.5 Å². The Labute approximate surface area is 251 Å². The van der Waals surface area contributed by atoms with Gasteiger partial charge in [-0.3, -0.25) is 19.2 Å². The molecule has 0 bridgehead atoms. The summed E-state index contributed by atoms with van der Waals surface area (Å²) in [5.74, 6) is -4.74. The number of aromatic amines is 2. The number of fused-ring (bicyclic) bond motifs is 2. The molecule has 11 N–H and O–H groups in total. The van der Waals surface area contributed by atoms with E-state index < -0.39 is 66.3 Å². The van der Waals surface area contributed by atoms with Crippen molar-refractivity contribution >= 4 is 51.4 Å². The normalized spacial score (nSPS) is 14.7. The van der Waals surface area contributed by atoms with E-state index in [0.717, 1.165) is 21.8 Å². The number of nitrogens with two attached hydrogens (primary N) is 2. The molecule has 14 heteroatoms. The van der Waals surface area contributed by atoms with Gasteiger partial charge >= 0.3 is 5.97 Å². The van der Waals surface area contributed by atoms with E-state index in [2.05, 4.69) is 25.9 Å². The van der Waals surface area contributed by atoms with Gasteiger partial charge in [-0.1, -0.05) is 36.4 Å². The topological polar surface area (TPSA) is 246 Å². The highest BCUT2D eigenvalue weighted by Crippen LogP contribution is 2.21. The summed E-state index contributed by atoms with van der Waals surface area (Å²) in [5.41, 5.74) is 13.7. The van der Waals surface area contributed by atoms with Gasteiger partial charge < -0.3 is 47.6 Å². The molecular formula is C30H35N7O7. The van der Waals surface area contributed by atoms with E-state index in [9.17, 15) is 34.2 Å². The van der Waals surface area contributed by atoms with E-state index in [1.54, 1.807) is 12.4 Å². The van der Waals surface area contributed by atoms with Gasteiger partial charge in [0.1, 0.15) is 18.1 Å². The number of aliphatic hydroxyl groups excluding tert-OH is 1. The number of aliphatic carboxylic acids is 1. The fraction of sp³-hybridized carbons (Fsp3) is 0.300. The smallest absolute Gasteiger partial charge is 0.326 e. The van der Waals surface area contributed by atoms with Gasteiger partial charge in [-0.05, 0) is 30.2 Å². The van der Waals surface area contributed by atoms with Crippen molar-refractivity contribution in [2.24, 2.45) is 11.5 Å². The number of carbonyl (C=O) groups is 5. The zero-order valence-corrected chi connectivity index (χ0v) is 23.9. The molecule has 2 heterocycles. The Morgan fingerprint density at radius 2 is 1.27 bits per heavy atom. The second-order valence-electron chi connectivity index (χ2n) is 10.6. The summed E-state index contributed by atoms with van der Waals surface area (Å²) in [6, 6.07) is 9.06. The van der Waals surface area contributed by atoms with Crippen molar-refractivity contribution in [1.29, 1.82) is 0 Å². The van der Waals surface area contributed by atoms with Crippen molar-refractivity contribution in [1.82, 2.24) is 25.9 Å². The number of carboxylic acids is 1. The fourth-order valence-electron chi connectivity index (χ4n) is 4.96. The number of benzene rings is 2. The Morgan fingerprint density at radius 3 is 1.77 bits per heavy atom. The Kier molecular flexibility index (Phi) is 9.98. The molecule has 5 unspecified atom stereocenters. The number of H-pyrrole nitrogens is 2. The van der Waals surface area contributed by atoms with Crippen molar-refractivity contribution in [3.63, 3.8) is 0 Å². The number of hydrogen-bond donors (Lipinski definition) is 9.